The minimum Gasteiger partial charge on any atom is -0.497 e. The maximum Gasteiger partial charge on any atom is 0.277 e. The monoisotopic (exact) mass is 341 g/mol. The second-order valence-electron chi connectivity index (χ2n) is 5.65. The van der Waals surface area contributed by atoms with E-state index in [-0.39, 0.29) is 10.6 Å². The third kappa shape index (κ3) is 2.59. The van der Waals surface area contributed by atoms with Crippen LogP contribution in [-0.4, -0.2) is 18.9 Å². The maximum absolute atomic E-state index is 12.9. The lowest BCUT2D eigenvalue weighted by atomic mass is 10.1. The number of methoxy groups -OCH3 is 1. The molecule has 0 unspecified atom stereocenters. The van der Waals surface area contributed by atoms with Gasteiger partial charge in [0, 0.05) is 0 Å². The normalized spacial score (nSPS) is 14.6. The molecule has 0 aromatic heterocycles. The average molecular weight is 342 g/mol. The molecule has 0 bridgehead atoms. The largest absolute Gasteiger partial charge is 0.497 e. The Morgan fingerprint density at radius 1 is 0.958 bits per heavy atom. The van der Waals surface area contributed by atoms with E-state index < -0.39 is 11.8 Å². The average Bonchev–Trinajstić information content (AvgIpc) is 2.78. The highest BCUT2D eigenvalue weighted by Gasteiger charge is 2.39. The molecule has 122 valence electrons. The van der Waals surface area contributed by atoms with Gasteiger partial charge in [0.2, 0.25) is 0 Å². The number of hydrogen-bond donors (Lipinski definition) is 0. The highest BCUT2D eigenvalue weighted by Crippen LogP contribution is 2.36. The van der Waals surface area contributed by atoms with E-state index in [1.807, 2.05) is 26.0 Å². The van der Waals surface area contributed by atoms with Gasteiger partial charge < -0.3 is 4.74 Å². The van der Waals surface area contributed by atoms with Gasteiger partial charge in [0.25, 0.3) is 11.8 Å². The van der Waals surface area contributed by atoms with Crippen LogP contribution in [0.3, 0.4) is 0 Å². The summed E-state index contributed by atoms with van der Waals surface area (Å²) in [5.74, 6) is -0.250. The van der Waals surface area contributed by atoms with Crippen molar-refractivity contribution in [2.24, 2.45) is 0 Å². The van der Waals surface area contributed by atoms with Crippen molar-refractivity contribution < 1.29 is 14.3 Å². The molecule has 0 radical (unpaired) electrons. The number of nitrogens with zero attached hydrogens (tertiary/aromatic N) is 1. The number of amides is 2. The zero-order chi connectivity index (χ0) is 17.4. The zero-order valence-electron chi connectivity index (χ0n) is 13.6. The molecule has 1 aliphatic rings. The number of hydrogen-bond acceptors (Lipinski definition) is 3. The molecule has 0 aliphatic carbocycles. The van der Waals surface area contributed by atoms with Crippen molar-refractivity contribution in [3.8, 4) is 5.75 Å². The lowest BCUT2D eigenvalue weighted by Gasteiger charge is -2.17. The Kier molecular flexibility index (Phi) is 4.16. The maximum atomic E-state index is 12.9. The molecule has 0 saturated heterocycles. The van der Waals surface area contributed by atoms with E-state index in [0.29, 0.717) is 17.0 Å². The van der Waals surface area contributed by atoms with E-state index >= 15 is 0 Å². The molecule has 0 atom stereocenters. The summed E-state index contributed by atoms with van der Waals surface area (Å²) in [6.07, 6.45) is 0. The Bertz CT molecular complexity index is 869. The summed E-state index contributed by atoms with van der Waals surface area (Å²) in [7, 11) is 1.56. The zero-order valence-corrected chi connectivity index (χ0v) is 14.3. The molecule has 2 amide bonds. The van der Waals surface area contributed by atoms with Gasteiger partial charge in [-0.25, -0.2) is 4.90 Å². The molecule has 0 fully saturated rings. The highest BCUT2D eigenvalue weighted by atomic mass is 35.5. The number of rotatable bonds is 3. The Morgan fingerprint density at radius 3 is 2.21 bits per heavy atom. The van der Waals surface area contributed by atoms with Gasteiger partial charge in [-0.05, 0) is 43.2 Å². The fourth-order valence-electron chi connectivity index (χ4n) is 2.79. The first kappa shape index (κ1) is 16.3. The molecule has 1 heterocycles. The van der Waals surface area contributed by atoms with Crippen molar-refractivity contribution in [2.75, 3.05) is 12.0 Å². The van der Waals surface area contributed by atoms with Crippen LogP contribution in [0.25, 0.3) is 5.57 Å². The van der Waals surface area contributed by atoms with Gasteiger partial charge in [-0.1, -0.05) is 41.4 Å². The topological polar surface area (TPSA) is 46.6 Å². The molecule has 0 spiro atoms. The first-order chi connectivity index (χ1) is 11.4. The van der Waals surface area contributed by atoms with Crippen molar-refractivity contribution in [3.63, 3.8) is 0 Å². The van der Waals surface area contributed by atoms with Crippen LogP contribution < -0.4 is 9.64 Å². The van der Waals surface area contributed by atoms with E-state index in [4.69, 9.17) is 16.3 Å². The van der Waals surface area contributed by atoms with Crippen LogP contribution in [-0.2, 0) is 9.59 Å². The number of imide groups is 1. The summed E-state index contributed by atoms with van der Waals surface area (Å²) in [4.78, 5) is 26.5. The molecule has 0 saturated carbocycles. The quantitative estimate of drug-likeness (QED) is 0.797. The number of ether oxygens (including phenoxy) is 1. The van der Waals surface area contributed by atoms with E-state index in [1.165, 1.54) is 0 Å². The summed E-state index contributed by atoms with van der Waals surface area (Å²) < 4.78 is 5.11. The van der Waals surface area contributed by atoms with Crippen LogP contribution in [0.15, 0.2) is 47.5 Å². The molecule has 4 nitrogen and oxygen atoms in total. The summed E-state index contributed by atoms with van der Waals surface area (Å²) in [6, 6.07) is 12.4. The molecule has 5 heteroatoms. The first-order valence-corrected chi connectivity index (χ1v) is 7.82. The lowest BCUT2D eigenvalue weighted by Crippen LogP contribution is -2.31. The molecule has 3 rings (SSSR count). The standard InChI is InChI=1S/C19H16ClNO3/c1-11-4-9-15(12(2)10-11)21-18(22)16(17(20)19(21)23)13-5-7-14(24-3)8-6-13/h4-10H,1-3H3. The van der Waals surface area contributed by atoms with Crippen LogP contribution >= 0.6 is 11.6 Å². The van der Waals surface area contributed by atoms with Gasteiger partial charge in [0.1, 0.15) is 10.8 Å². The molecular formula is C19H16ClNO3. The number of halogens is 1. The first-order valence-electron chi connectivity index (χ1n) is 7.44. The lowest BCUT2D eigenvalue weighted by molar-refractivity contribution is -0.119. The third-order valence-corrected chi connectivity index (χ3v) is 4.35. The molecule has 2 aromatic rings. The molecule has 1 aliphatic heterocycles. The predicted octanol–water partition coefficient (Wildman–Crippen LogP) is 3.84. The van der Waals surface area contributed by atoms with Crippen LogP contribution in [0, 0.1) is 13.8 Å². The molecule has 24 heavy (non-hydrogen) atoms. The number of benzene rings is 2. The van der Waals surface area contributed by atoms with Crippen LogP contribution in [0.2, 0.25) is 0 Å². The van der Waals surface area contributed by atoms with Crippen molar-refractivity contribution in [2.45, 2.75) is 13.8 Å². The highest BCUT2D eigenvalue weighted by molar-refractivity contribution is 6.60. The fraction of sp³-hybridized carbons (Fsp3) is 0.158. The Balaban J connectivity index is 2.04. The van der Waals surface area contributed by atoms with Crippen LogP contribution in [0.1, 0.15) is 16.7 Å². The number of carbonyl (C=O) groups excluding carboxylic acids is 2. The molecule has 2 aromatic carbocycles. The second-order valence-corrected chi connectivity index (χ2v) is 6.03. The van der Waals surface area contributed by atoms with E-state index in [2.05, 4.69) is 0 Å². The van der Waals surface area contributed by atoms with Crippen LogP contribution in [0.4, 0.5) is 5.69 Å². The van der Waals surface area contributed by atoms with Crippen molar-refractivity contribution in [3.05, 3.63) is 64.2 Å². The Labute approximate surface area is 145 Å². The van der Waals surface area contributed by atoms with E-state index in [0.717, 1.165) is 16.0 Å². The summed E-state index contributed by atoms with van der Waals surface area (Å²) in [5, 5.41) is -0.0647. The van der Waals surface area contributed by atoms with Gasteiger partial charge in [-0.15, -0.1) is 0 Å². The van der Waals surface area contributed by atoms with Gasteiger partial charge in [-0.3, -0.25) is 9.59 Å². The predicted molar refractivity (Wildman–Crippen MR) is 94.2 cm³/mol. The van der Waals surface area contributed by atoms with Crippen LogP contribution in [0.5, 0.6) is 5.75 Å². The third-order valence-electron chi connectivity index (χ3n) is 4.00. The molecular weight excluding hydrogens is 326 g/mol. The molecule has 0 N–H and O–H groups in total. The van der Waals surface area contributed by atoms with Gasteiger partial charge in [0.05, 0.1) is 18.4 Å². The smallest absolute Gasteiger partial charge is 0.277 e. The number of carbonyl (C=O) groups is 2. The summed E-state index contributed by atoms with van der Waals surface area (Å²) >= 11 is 6.20. The fourth-order valence-corrected chi connectivity index (χ4v) is 3.06. The van der Waals surface area contributed by atoms with Crippen molar-refractivity contribution in [1.82, 2.24) is 0 Å². The second kappa shape index (κ2) is 6.13. The number of anilines is 1. The summed E-state index contributed by atoms with van der Waals surface area (Å²) in [6.45, 7) is 3.82. The van der Waals surface area contributed by atoms with Crippen molar-refractivity contribution in [1.29, 1.82) is 0 Å². The SMILES string of the molecule is COc1ccc(C2=C(Cl)C(=O)N(c3ccc(C)cc3C)C2=O)cc1. The van der Waals surface area contributed by atoms with Gasteiger partial charge in [0.15, 0.2) is 0 Å². The number of aryl methyl sites for hydroxylation is 2. The van der Waals surface area contributed by atoms with Gasteiger partial charge >= 0.3 is 0 Å². The van der Waals surface area contributed by atoms with E-state index in [1.54, 1.807) is 37.4 Å². The van der Waals surface area contributed by atoms with E-state index in [9.17, 15) is 9.59 Å². The Hall–Kier alpha value is -2.59. The van der Waals surface area contributed by atoms with Crippen molar-refractivity contribution >= 4 is 34.7 Å². The van der Waals surface area contributed by atoms with Gasteiger partial charge in [-0.2, -0.15) is 0 Å². The minimum absolute atomic E-state index is 0.0647. The Morgan fingerprint density at radius 2 is 1.62 bits per heavy atom. The summed E-state index contributed by atoms with van der Waals surface area (Å²) in [5.41, 5.74) is 3.26. The minimum atomic E-state index is -0.501.